The number of rotatable bonds is 7. The number of imidazole rings is 1. The molecule has 1 unspecified atom stereocenters. The fourth-order valence-corrected chi connectivity index (χ4v) is 6.82. The van der Waals surface area contributed by atoms with Gasteiger partial charge < -0.3 is 4.98 Å². The van der Waals surface area contributed by atoms with Crippen LogP contribution < -0.4 is 9.44 Å². The average molecular weight is 547 g/mol. The number of halogens is 2. The Kier molecular flexibility index (Phi) is 6.30. The molecule has 5 rings (SSSR count). The number of aromatic nitrogens is 2. The summed E-state index contributed by atoms with van der Waals surface area (Å²) in [6.45, 7) is 0. The van der Waals surface area contributed by atoms with Crippen molar-refractivity contribution in [3.05, 3.63) is 95.3 Å². The summed E-state index contributed by atoms with van der Waals surface area (Å²) in [5.74, 6) is -2.75. The molecule has 2 heterocycles. The number of nitrogens with one attached hydrogen (secondary N) is 3. The molecular weight excluding hydrogens is 526 g/mol. The molecule has 192 valence electrons. The number of hydrogen-bond acceptors (Lipinski definition) is 6. The minimum atomic E-state index is -4.29. The summed E-state index contributed by atoms with van der Waals surface area (Å²) in [5, 5.41) is -1.01. The van der Waals surface area contributed by atoms with E-state index in [1.807, 2.05) is 4.72 Å². The van der Waals surface area contributed by atoms with Crippen LogP contribution in [0.3, 0.4) is 0 Å². The van der Waals surface area contributed by atoms with Crippen molar-refractivity contribution < 1.29 is 30.4 Å². The van der Waals surface area contributed by atoms with E-state index in [0.29, 0.717) is 34.1 Å². The first-order valence-corrected chi connectivity index (χ1v) is 14.1. The van der Waals surface area contributed by atoms with Crippen LogP contribution >= 0.6 is 0 Å². The van der Waals surface area contributed by atoms with E-state index >= 15 is 0 Å². The highest BCUT2D eigenvalue weighted by Crippen LogP contribution is 2.31. The Balaban J connectivity index is 1.47. The smallest absolute Gasteiger partial charge is 0.242 e. The van der Waals surface area contributed by atoms with Crippen molar-refractivity contribution in [2.75, 3.05) is 0 Å². The second-order valence-corrected chi connectivity index (χ2v) is 12.2. The number of sulfonamides is 2. The molecule has 1 saturated heterocycles. The molecule has 1 aromatic heterocycles. The number of fused-ring (bicyclic) bond motifs is 1. The lowest BCUT2D eigenvalue weighted by Crippen LogP contribution is -2.31. The molecule has 3 N–H and O–H groups in total. The predicted molar refractivity (Wildman–Crippen MR) is 130 cm³/mol. The van der Waals surface area contributed by atoms with Gasteiger partial charge in [0.1, 0.15) is 11.1 Å². The second kappa shape index (κ2) is 9.32. The van der Waals surface area contributed by atoms with Crippen LogP contribution in [0.5, 0.6) is 0 Å². The largest absolute Gasteiger partial charge is 0.341 e. The lowest BCUT2D eigenvalue weighted by molar-refractivity contribution is -0.118. The van der Waals surface area contributed by atoms with Crippen LogP contribution in [0, 0.1) is 11.6 Å². The number of aromatic amines is 1. The highest BCUT2D eigenvalue weighted by atomic mass is 32.2. The zero-order chi connectivity index (χ0) is 26.4. The summed E-state index contributed by atoms with van der Waals surface area (Å²) in [6.07, 6.45) is -0.0884. The van der Waals surface area contributed by atoms with Crippen LogP contribution in [0.4, 0.5) is 8.78 Å². The lowest BCUT2D eigenvalue weighted by atomic mass is 10.0. The molecule has 1 fully saturated rings. The summed E-state index contributed by atoms with van der Waals surface area (Å²) in [5.41, 5.74) is 2.34. The van der Waals surface area contributed by atoms with Gasteiger partial charge in [-0.3, -0.25) is 9.52 Å². The molecule has 0 radical (unpaired) electrons. The van der Waals surface area contributed by atoms with E-state index in [1.165, 1.54) is 0 Å². The number of benzene rings is 3. The Morgan fingerprint density at radius 3 is 2.41 bits per heavy atom. The minimum Gasteiger partial charge on any atom is -0.341 e. The molecule has 3 aromatic carbocycles. The number of carbonyl (C=O) groups is 1. The van der Waals surface area contributed by atoms with E-state index in [0.717, 1.165) is 12.1 Å². The van der Waals surface area contributed by atoms with E-state index in [2.05, 4.69) is 14.7 Å². The third-order valence-electron chi connectivity index (χ3n) is 6.03. The Bertz CT molecular complexity index is 1690. The second-order valence-electron chi connectivity index (χ2n) is 8.60. The normalized spacial score (nSPS) is 18.1. The molecule has 13 heteroatoms. The molecule has 9 nitrogen and oxygen atoms in total. The molecule has 1 amide bonds. The first-order chi connectivity index (χ1) is 17.5. The van der Waals surface area contributed by atoms with E-state index in [9.17, 15) is 30.4 Å². The quantitative estimate of drug-likeness (QED) is 0.326. The molecule has 37 heavy (non-hydrogen) atoms. The van der Waals surface area contributed by atoms with Crippen LogP contribution in [0.15, 0.2) is 71.6 Å². The summed E-state index contributed by atoms with van der Waals surface area (Å²) >= 11 is 0. The molecule has 0 bridgehead atoms. The van der Waals surface area contributed by atoms with E-state index in [-0.39, 0.29) is 12.8 Å². The number of hydrogen-bond donors (Lipinski definition) is 3. The van der Waals surface area contributed by atoms with Gasteiger partial charge in [-0.15, -0.1) is 0 Å². The topological polar surface area (TPSA) is 138 Å². The summed E-state index contributed by atoms with van der Waals surface area (Å²) < 4.78 is 82.1. The minimum absolute atomic E-state index is 0.0948. The maximum atomic E-state index is 13.7. The van der Waals surface area contributed by atoms with E-state index in [1.54, 1.807) is 48.5 Å². The van der Waals surface area contributed by atoms with Crippen molar-refractivity contribution in [1.82, 2.24) is 19.4 Å². The van der Waals surface area contributed by atoms with Gasteiger partial charge >= 0.3 is 0 Å². The van der Waals surface area contributed by atoms with E-state index < -0.39 is 53.8 Å². The first-order valence-electron chi connectivity index (χ1n) is 11.1. The first kappa shape index (κ1) is 25.0. The van der Waals surface area contributed by atoms with Crippen LogP contribution in [0.25, 0.3) is 11.0 Å². The molecule has 2 atom stereocenters. The highest BCUT2D eigenvalue weighted by Gasteiger charge is 2.37. The van der Waals surface area contributed by atoms with Gasteiger partial charge in [-0.05, 0) is 47.9 Å². The number of nitrogens with zero attached hydrogens (tertiary/aromatic N) is 1. The monoisotopic (exact) mass is 546 g/mol. The zero-order valence-corrected chi connectivity index (χ0v) is 20.6. The van der Waals surface area contributed by atoms with Gasteiger partial charge in [-0.2, -0.15) is 0 Å². The van der Waals surface area contributed by atoms with Crippen LogP contribution in [0.1, 0.15) is 34.7 Å². The highest BCUT2D eigenvalue weighted by molar-refractivity contribution is 7.90. The van der Waals surface area contributed by atoms with Crippen LogP contribution in [-0.2, 0) is 31.3 Å². The van der Waals surface area contributed by atoms with Gasteiger partial charge in [0.15, 0.2) is 11.6 Å². The molecular formula is C24H20F2N4O5S2. The van der Waals surface area contributed by atoms with Crippen molar-refractivity contribution >= 4 is 37.0 Å². The van der Waals surface area contributed by atoms with Gasteiger partial charge in [0.05, 0.1) is 28.4 Å². The fraction of sp³-hybridized carbons (Fsp3) is 0.167. The average Bonchev–Trinajstić information content (AvgIpc) is 3.40. The van der Waals surface area contributed by atoms with E-state index in [4.69, 9.17) is 0 Å². The summed E-state index contributed by atoms with van der Waals surface area (Å²) in [6, 6.07) is 14.9. The van der Waals surface area contributed by atoms with Crippen molar-refractivity contribution in [3.63, 3.8) is 0 Å². The van der Waals surface area contributed by atoms with Crippen molar-refractivity contribution in [3.8, 4) is 0 Å². The van der Waals surface area contributed by atoms with Gasteiger partial charge in [-0.25, -0.2) is 35.3 Å². The summed E-state index contributed by atoms with van der Waals surface area (Å²) in [7, 11) is -8.10. The van der Waals surface area contributed by atoms with Crippen molar-refractivity contribution in [2.45, 2.75) is 29.0 Å². The van der Waals surface area contributed by atoms with Crippen LogP contribution in [-0.4, -0.2) is 32.7 Å². The zero-order valence-electron chi connectivity index (χ0n) is 19.0. The lowest BCUT2D eigenvalue weighted by Gasteiger charge is -2.18. The Hall–Kier alpha value is -3.68. The standard InChI is InChI=1S/C24H20F2N4O5S2/c25-17-10-9-16(12-18(17)26)36(32,33)29-21(24-27-19-3-1-2-4-20(19)28-24)11-14-5-7-15(8-6-14)22-13-23(31)30-37(22,34)35/h1-10,12,21-22,29H,11,13H2,(H,27,28)(H,30,31)/t21-,22?/m0/s1. The predicted octanol–water partition coefficient (Wildman–Crippen LogP) is 2.99. The SMILES string of the molecule is O=C1CC(c2ccc(C[C@H](NS(=O)(=O)c3ccc(F)c(F)c3)c3nc4ccccc4[nH]3)cc2)S(=O)(=O)N1. The summed E-state index contributed by atoms with van der Waals surface area (Å²) in [4.78, 5) is 18.7. The molecule has 1 aliphatic heterocycles. The fourth-order valence-electron chi connectivity index (χ4n) is 4.18. The number of amides is 1. The Morgan fingerprint density at radius 1 is 1.03 bits per heavy atom. The van der Waals surface area contributed by atoms with Gasteiger partial charge in [-0.1, -0.05) is 36.4 Å². The third-order valence-corrected chi connectivity index (χ3v) is 9.20. The maximum Gasteiger partial charge on any atom is 0.242 e. The number of carbonyl (C=O) groups excluding carboxylic acids is 1. The molecule has 4 aromatic rings. The maximum absolute atomic E-state index is 13.7. The van der Waals surface area contributed by atoms with Crippen molar-refractivity contribution in [1.29, 1.82) is 0 Å². The molecule has 0 spiro atoms. The molecule has 0 aliphatic carbocycles. The Labute approximate surface area is 211 Å². The van der Waals surface area contributed by atoms with Gasteiger partial charge in [0.2, 0.25) is 26.0 Å². The van der Waals surface area contributed by atoms with Crippen LogP contribution in [0.2, 0.25) is 0 Å². The number of para-hydroxylation sites is 2. The van der Waals surface area contributed by atoms with Crippen molar-refractivity contribution in [2.24, 2.45) is 0 Å². The molecule has 1 aliphatic rings. The van der Waals surface area contributed by atoms with Gasteiger partial charge in [0.25, 0.3) is 0 Å². The molecule has 0 saturated carbocycles. The third kappa shape index (κ3) is 5.10. The number of H-pyrrole nitrogens is 1. The van der Waals surface area contributed by atoms with Gasteiger partial charge in [0, 0.05) is 0 Å². The Morgan fingerprint density at radius 2 is 1.76 bits per heavy atom.